The number of nitrogens with one attached hydrogen (secondary N) is 1. The molecule has 0 atom stereocenters. The average molecular weight is 456 g/mol. The first-order valence-corrected chi connectivity index (χ1v) is 10.1. The molecule has 8 nitrogen and oxygen atoms in total. The van der Waals surface area contributed by atoms with Gasteiger partial charge in [0.2, 0.25) is 0 Å². The van der Waals surface area contributed by atoms with Gasteiger partial charge in [-0.3, -0.25) is 4.79 Å². The Bertz CT molecular complexity index is 971. The van der Waals surface area contributed by atoms with Crippen LogP contribution >= 0.6 is 22.9 Å². The molecule has 0 aliphatic carbocycles. The number of esters is 2. The molecule has 1 N–H and O–H groups in total. The zero-order chi connectivity index (χ0) is 22.4. The number of thiophene rings is 1. The van der Waals surface area contributed by atoms with E-state index in [2.05, 4.69) is 5.32 Å². The molecule has 1 heterocycles. The zero-order valence-electron chi connectivity index (χ0n) is 17.2. The van der Waals surface area contributed by atoms with Crippen LogP contribution in [0.15, 0.2) is 12.1 Å². The predicted molar refractivity (Wildman–Crippen MR) is 113 cm³/mol. The van der Waals surface area contributed by atoms with Crippen LogP contribution < -0.4 is 14.8 Å². The first-order valence-electron chi connectivity index (χ1n) is 8.89. The van der Waals surface area contributed by atoms with Crippen LogP contribution in [0.1, 0.15) is 38.1 Å². The highest BCUT2D eigenvalue weighted by molar-refractivity contribution is 7.16. The molecular weight excluding hydrogens is 434 g/mol. The SMILES string of the molecule is CCOC(=O)c1c(NC(=O)COC(=O)c2cc(Cl)c(OC)c(OC)c2)sc(C)c1C. The molecule has 10 heteroatoms. The van der Waals surface area contributed by atoms with Crippen LogP contribution in [0.4, 0.5) is 5.00 Å². The maximum atomic E-state index is 12.3. The summed E-state index contributed by atoms with van der Waals surface area (Å²) in [6.45, 7) is 4.97. The summed E-state index contributed by atoms with van der Waals surface area (Å²) in [6.07, 6.45) is 0. The summed E-state index contributed by atoms with van der Waals surface area (Å²) in [4.78, 5) is 37.7. The number of ether oxygens (including phenoxy) is 4. The van der Waals surface area contributed by atoms with Crippen LogP contribution in [0.3, 0.4) is 0 Å². The molecule has 0 fully saturated rings. The molecule has 2 rings (SSSR count). The maximum Gasteiger partial charge on any atom is 0.341 e. The van der Waals surface area contributed by atoms with Gasteiger partial charge >= 0.3 is 11.9 Å². The van der Waals surface area contributed by atoms with E-state index in [9.17, 15) is 14.4 Å². The normalized spacial score (nSPS) is 10.3. The summed E-state index contributed by atoms with van der Waals surface area (Å²) in [5, 5.41) is 3.11. The summed E-state index contributed by atoms with van der Waals surface area (Å²) < 4.78 is 20.4. The molecule has 0 saturated carbocycles. The van der Waals surface area contributed by atoms with Crippen LogP contribution in [-0.4, -0.2) is 45.3 Å². The number of carbonyl (C=O) groups is 3. The van der Waals surface area contributed by atoms with E-state index in [0.29, 0.717) is 10.6 Å². The third kappa shape index (κ3) is 5.22. The summed E-state index contributed by atoms with van der Waals surface area (Å²) in [6, 6.07) is 2.75. The molecule has 0 aliphatic heterocycles. The van der Waals surface area contributed by atoms with Gasteiger partial charge in [-0.2, -0.15) is 0 Å². The van der Waals surface area contributed by atoms with Crippen LogP contribution in [-0.2, 0) is 14.3 Å². The molecule has 0 bridgehead atoms. The van der Waals surface area contributed by atoms with Crippen molar-refractivity contribution in [3.05, 3.63) is 38.7 Å². The highest BCUT2D eigenvalue weighted by atomic mass is 35.5. The highest BCUT2D eigenvalue weighted by Gasteiger charge is 2.23. The second-order valence-electron chi connectivity index (χ2n) is 6.03. The quantitative estimate of drug-likeness (QED) is 0.600. The molecule has 0 unspecified atom stereocenters. The lowest BCUT2D eigenvalue weighted by Gasteiger charge is -2.11. The minimum atomic E-state index is -0.767. The second-order valence-corrected chi connectivity index (χ2v) is 7.66. The lowest BCUT2D eigenvalue weighted by molar-refractivity contribution is -0.119. The Balaban J connectivity index is 2.09. The fourth-order valence-electron chi connectivity index (χ4n) is 2.58. The monoisotopic (exact) mass is 455 g/mol. The van der Waals surface area contributed by atoms with E-state index in [1.165, 1.54) is 37.7 Å². The number of methoxy groups -OCH3 is 2. The number of anilines is 1. The van der Waals surface area contributed by atoms with Crippen LogP contribution in [0.25, 0.3) is 0 Å². The lowest BCUT2D eigenvalue weighted by atomic mass is 10.1. The molecule has 0 saturated heterocycles. The molecule has 1 amide bonds. The largest absolute Gasteiger partial charge is 0.493 e. The van der Waals surface area contributed by atoms with Gasteiger partial charge in [0.1, 0.15) is 5.00 Å². The first kappa shape index (κ1) is 23.5. The Labute approximate surface area is 183 Å². The molecule has 0 aliphatic rings. The first-order chi connectivity index (χ1) is 14.2. The number of benzene rings is 1. The Morgan fingerprint density at radius 1 is 1.07 bits per heavy atom. The van der Waals surface area contributed by atoms with E-state index in [-0.39, 0.29) is 28.7 Å². The van der Waals surface area contributed by atoms with Gasteiger partial charge in [-0.25, -0.2) is 9.59 Å². The van der Waals surface area contributed by atoms with Crippen LogP contribution in [0.2, 0.25) is 5.02 Å². The van der Waals surface area contributed by atoms with Gasteiger partial charge in [-0.15, -0.1) is 11.3 Å². The van der Waals surface area contributed by atoms with Gasteiger partial charge < -0.3 is 24.3 Å². The molecule has 30 heavy (non-hydrogen) atoms. The fraction of sp³-hybridized carbons (Fsp3) is 0.350. The number of aryl methyl sites for hydroxylation is 1. The second kappa shape index (κ2) is 10.3. The number of amides is 1. The third-order valence-corrected chi connectivity index (χ3v) is 5.52. The van der Waals surface area contributed by atoms with Gasteiger partial charge in [0.05, 0.1) is 37.0 Å². The van der Waals surface area contributed by atoms with Gasteiger partial charge in [0, 0.05) is 4.88 Å². The van der Waals surface area contributed by atoms with E-state index in [1.807, 2.05) is 6.92 Å². The summed E-state index contributed by atoms with van der Waals surface area (Å²) in [7, 11) is 2.83. The Morgan fingerprint density at radius 3 is 2.37 bits per heavy atom. The van der Waals surface area contributed by atoms with E-state index in [0.717, 1.165) is 10.4 Å². The number of rotatable bonds is 8. The summed E-state index contributed by atoms with van der Waals surface area (Å²) >= 11 is 7.33. The average Bonchev–Trinajstić information content (AvgIpc) is 2.98. The van der Waals surface area contributed by atoms with Gasteiger partial charge in [-0.05, 0) is 38.5 Å². The molecule has 2 aromatic rings. The van der Waals surface area contributed by atoms with E-state index in [4.69, 9.17) is 30.5 Å². The van der Waals surface area contributed by atoms with Crippen molar-refractivity contribution in [2.75, 3.05) is 32.8 Å². The number of carbonyl (C=O) groups excluding carboxylic acids is 3. The van der Waals surface area contributed by atoms with Crippen molar-refractivity contribution in [2.24, 2.45) is 0 Å². The van der Waals surface area contributed by atoms with Crippen molar-refractivity contribution < 1.29 is 33.3 Å². The van der Waals surface area contributed by atoms with Crippen LogP contribution in [0, 0.1) is 13.8 Å². The molecule has 162 valence electrons. The molecule has 0 radical (unpaired) electrons. The lowest BCUT2D eigenvalue weighted by Crippen LogP contribution is -2.22. The summed E-state index contributed by atoms with van der Waals surface area (Å²) in [5.74, 6) is -1.35. The molecule has 1 aromatic heterocycles. The number of hydrogen-bond acceptors (Lipinski definition) is 8. The van der Waals surface area contributed by atoms with Crippen molar-refractivity contribution >= 4 is 45.8 Å². The smallest absolute Gasteiger partial charge is 0.341 e. The van der Waals surface area contributed by atoms with Crippen molar-refractivity contribution in [2.45, 2.75) is 20.8 Å². The van der Waals surface area contributed by atoms with Crippen LogP contribution in [0.5, 0.6) is 11.5 Å². The summed E-state index contributed by atoms with van der Waals surface area (Å²) in [5.41, 5.74) is 1.12. The zero-order valence-corrected chi connectivity index (χ0v) is 18.8. The van der Waals surface area contributed by atoms with Gasteiger partial charge in [0.25, 0.3) is 5.91 Å². The highest BCUT2D eigenvalue weighted by Crippen LogP contribution is 2.36. The molecule has 0 spiro atoms. The number of halogens is 1. The predicted octanol–water partition coefficient (Wildman–Crippen LogP) is 4.01. The Morgan fingerprint density at radius 2 is 1.77 bits per heavy atom. The molecule has 1 aromatic carbocycles. The third-order valence-electron chi connectivity index (χ3n) is 4.12. The number of hydrogen-bond donors (Lipinski definition) is 1. The van der Waals surface area contributed by atoms with E-state index >= 15 is 0 Å². The van der Waals surface area contributed by atoms with E-state index in [1.54, 1.807) is 13.8 Å². The minimum Gasteiger partial charge on any atom is -0.493 e. The van der Waals surface area contributed by atoms with Crippen molar-refractivity contribution in [1.82, 2.24) is 0 Å². The standard InChI is InChI=1S/C20H22ClNO7S/c1-6-28-20(25)16-10(2)11(3)30-18(16)22-15(23)9-29-19(24)12-7-13(21)17(27-5)14(8-12)26-4/h7-8H,6,9H2,1-5H3,(H,22,23). The fourth-order valence-corrected chi connectivity index (χ4v) is 3.93. The van der Waals surface area contributed by atoms with E-state index < -0.39 is 24.5 Å². The van der Waals surface area contributed by atoms with Crippen molar-refractivity contribution in [1.29, 1.82) is 0 Å². The van der Waals surface area contributed by atoms with Crippen molar-refractivity contribution in [3.8, 4) is 11.5 Å². The molecular formula is C20H22ClNO7S. The topological polar surface area (TPSA) is 100 Å². The van der Waals surface area contributed by atoms with Gasteiger partial charge in [-0.1, -0.05) is 11.6 Å². The van der Waals surface area contributed by atoms with Gasteiger partial charge in [0.15, 0.2) is 18.1 Å². The van der Waals surface area contributed by atoms with Crippen molar-refractivity contribution in [3.63, 3.8) is 0 Å². The Hall–Kier alpha value is -2.78. The maximum absolute atomic E-state index is 12.3. The minimum absolute atomic E-state index is 0.0977. The Kier molecular flexibility index (Phi) is 8.08.